The number of alkyl carbamates (subject to hydrolysis) is 1. The molecule has 0 aliphatic heterocycles. The van der Waals surface area contributed by atoms with Crippen LogP contribution >= 0.6 is 0 Å². The van der Waals surface area contributed by atoms with E-state index in [2.05, 4.69) is 10.6 Å². The predicted octanol–water partition coefficient (Wildman–Crippen LogP) is 3.02. The number of carbonyl (C=O) groups excluding carboxylic acids is 5. The van der Waals surface area contributed by atoms with Crippen molar-refractivity contribution in [2.75, 3.05) is 7.05 Å². The van der Waals surface area contributed by atoms with E-state index in [9.17, 15) is 24.0 Å². The number of rotatable bonds is 11. The molecule has 0 spiro atoms. The lowest BCUT2D eigenvalue weighted by atomic mass is 10.0. The normalized spacial score (nSPS) is 13.6. The van der Waals surface area contributed by atoms with Crippen LogP contribution in [-0.2, 0) is 35.1 Å². The van der Waals surface area contributed by atoms with Gasteiger partial charge in [0.25, 0.3) is 0 Å². The van der Waals surface area contributed by atoms with Crippen LogP contribution in [0.25, 0.3) is 0 Å². The van der Waals surface area contributed by atoms with Gasteiger partial charge in [-0.15, -0.1) is 0 Å². The first-order valence-corrected chi connectivity index (χ1v) is 13.6. The monoisotopic (exact) mass is 582 g/mol. The Bertz CT molecular complexity index is 1240. The second kappa shape index (κ2) is 14.5. The Morgan fingerprint density at radius 2 is 1.31 bits per heavy atom. The van der Waals surface area contributed by atoms with Crippen LogP contribution < -0.4 is 16.4 Å². The van der Waals surface area contributed by atoms with Crippen molar-refractivity contribution in [3.63, 3.8) is 0 Å². The van der Waals surface area contributed by atoms with Gasteiger partial charge in [0.15, 0.2) is 0 Å². The number of nitrogens with one attached hydrogen (secondary N) is 2. The Kier molecular flexibility index (Phi) is 11.6. The molecule has 0 aliphatic rings. The average molecular weight is 583 g/mol. The van der Waals surface area contributed by atoms with Crippen molar-refractivity contribution in [1.82, 2.24) is 15.5 Å². The molecular weight excluding hydrogens is 540 g/mol. The number of hydrogen-bond donors (Lipinski definition) is 3. The minimum atomic E-state index is -1.41. The van der Waals surface area contributed by atoms with Gasteiger partial charge in [-0.3, -0.25) is 14.4 Å². The average Bonchev–Trinajstić information content (AvgIpc) is 2.86. The van der Waals surface area contributed by atoms with Crippen molar-refractivity contribution in [1.29, 1.82) is 0 Å². The summed E-state index contributed by atoms with van der Waals surface area (Å²) in [5.41, 5.74) is 4.92. The van der Waals surface area contributed by atoms with Crippen molar-refractivity contribution in [2.24, 2.45) is 5.73 Å². The molecule has 2 rings (SSSR count). The van der Waals surface area contributed by atoms with E-state index in [0.717, 1.165) is 10.5 Å². The van der Waals surface area contributed by atoms with E-state index in [-0.39, 0.29) is 6.42 Å². The number of hydrogen-bond acceptors (Lipinski definition) is 7. The number of nitrogens with zero attached hydrogens (tertiary/aromatic N) is 1. The minimum Gasteiger partial charge on any atom is -0.458 e. The Balaban J connectivity index is 2.43. The van der Waals surface area contributed by atoms with Crippen molar-refractivity contribution in [3.05, 3.63) is 71.8 Å². The number of ether oxygens (including phenoxy) is 2. The number of primary amides is 1. The van der Waals surface area contributed by atoms with Gasteiger partial charge in [-0.05, 0) is 52.7 Å². The van der Waals surface area contributed by atoms with Crippen LogP contribution in [0.15, 0.2) is 60.7 Å². The second-order valence-electron chi connectivity index (χ2n) is 11.9. The summed E-state index contributed by atoms with van der Waals surface area (Å²) in [6, 6.07) is 13.8. The highest BCUT2D eigenvalue weighted by Crippen LogP contribution is 2.22. The topological polar surface area (TPSA) is 157 Å². The van der Waals surface area contributed by atoms with E-state index in [4.69, 9.17) is 15.2 Å². The second-order valence-corrected chi connectivity index (χ2v) is 11.9. The first-order chi connectivity index (χ1) is 19.5. The van der Waals surface area contributed by atoms with Crippen LogP contribution in [0.2, 0.25) is 0 Å². The third kappa shape index (κ3) is 11.2. The number of amides is 4. The summed E-state index contributed by atoms with van der Waals surface area (Å²) >= 11 is 0. The largest absolute Gasteiger partial charge is 0.458 e. The van der Waals surface area contributed by atoms with Gasteiger partial charge in [-0.1, -0.05) is 60.7 Å². The molecule has 2 aromatic rings. The van der Waals surface area contributed by atoms with Crippen LogP contribution in [0.3, 0.4) is 0 Å². The van der Waals surface area contributed by atoms with Crippen LogP contribution in [0.1, 0.15) is 65.1 Å². The zero-order valence-electron chi connectivity index (χ0n) is 25.3. The van der Waals surface area contributed by atoms with E-state index < -0.39 is 65.5 Å². The molecule has 4 amide bonds. The Morgan fingerprint density at radius 1 is 0.786 bits per heavy atom. The molecule has 0 bridgehead atoms. The lowest BCUT2D eigenvalue weighted by Gasteiger charge is -2.32. The summed E-state index contributed by atoms with van der Waals surface area (Å²) in [5.74, 6) is -2.91. The molecule has 228 valence electrons. The van der Waals surface area contributed by atoms with E-state index in [1.807, 2.05) is 30.3 Å². The summed E-state index contributed by atoms with van der Waals surface area (Å²) in [6.45, 7) is 10.1. The van der Waals surface area contributed by atoms with Crippen LogP contribution in [0, 0.1) is 0 Å². The molecule has 0 fully saturated rings. The molecule has 2 aromatic carbocycles. The van der Waals surface area contributed by atoms with Gasteiger partial charge in [-0.2, -0.15) is 0 Å². The Labute approximate surface area is 247 Å². The number of esters is 1. The van der Waals surface area contributed by atoms with Gasteiger partial charge in [0.2, 0.25) is 17.7 Å². The molecule has 3 atom stereocenters. The fourth-order valence-electron chi connectivity index (χ4n) is 4.08. The smallest absolute Gasteiger partial charge is 0.408 e. The van der Waals surface area contributed by atoms with Crippen molar-refractivity contribution in [3.8, 4) is 0 Å². The summed E-state index contributed by atoms with van der Waals surface area (Å²) in [7, 11) is 1.37. The van der Waals surface area contributed by atoms with E-state index in [1.165, 1.54) is 7.05 Å². The van der Waals surface area contributed by atoms with Crippen molar-refractivity contribution in [2.45, 2.75) is 83.7 Å². The SMILES string of the molecule is CN(C(=O)C(CC(N)=O)NC(=O)OC(C)(C)C)C(C(=O)NC(Cc1ccccc1)C(=O)OC(C)(C)C)c1ccccc1. The highest BCUT2D eigenvalue weighted by molar-refractivity contribution is 5.95. The maximum atomic E-state index is 13.9. The number of carbonyl (C=O) groups is 5. The van der Waals surface area contributed by atoms with E-state index in [0.29, 0.717) is 5.56 Å². The van der Waals surface area contributed by atoms with Gasteiger partial charge in [0.05, 0.1) is 6.42 Å². The lowest BCUT2D eigenvalue weighted by Crippen LogP contribution is -2.54. The molecular formula is C31H42N4O7. The molecule has 11 heteroatoms. The zero-order valence-corrected chi connectivity index (χ0v) is 25.3. The number of nitrogens with two attached hydrogens (primary N) is 1. The van der Waals surface area contributed by atoms with Crippen LogP contribution in [-0.4, -0.2) is 65.0 Å². The van der Waals surface area contributed by atoms with E-state index >= 15 is 0 Å². The third-order valence-corrected chi connectivity index (χ3v) is 5.78. The fraction of sp³-hybridized carbons (Fsp3) is 0.452. The maximum absolute atomic E-state index is 13.9. The highest BCUT2D eigenvalue weighted by Gasteiger charge is 2.37. The summed E-state index contributed by atoms with van der Waals surface area (Å²) in [5, 5.41) is 5.15. The standard InChI is InChI=1S/C31H42N4O7/c1-30(2,3)41-28(39)23(18-20-14-10-8-11-15-20)33-26(37)25(21-16-12-9-13-17-21)35(7)27(38)22(19-24(32)36)34-29(40)42-31(4,5)6/h8-17,22-23,25H,18-19H2,1-7H3,(H2,32,36)(H,33,37)(H,34,40). The Hall–Kier alpha value is -4.41. The lowest BCUT2D eigenvalue weighted by molar-refractivity contribution is -0.159. The molecule has 0 aliphatic carbocycles. The summed E-state index contributed by atoms with van der Waals surface area (Å²) in [4.78, 5) is 66.2. The molecule has 0 aromatic heterocycles. The minimum absolute atomic E-state index is 0.144. The Morgan fingerprint density at radius 3 is 1.81 bits per heavy atom. The first kappa shape index (κ1) is 33.8. The third-order valence-electron chi connectivity index (χ3n) is 5.78. The predicted molar refractivity (Wildman–Crippen MR) is 157 cm³/mol. The van der Waals surface area contributed by atoms with Gasteiger partial charge < -0.3 is 30.7 Å². The van der Waals surface area contributed by atoms with Gasteiger partial charge >= 0.3 is 12.1 Å². The van der Waals surface area contributed by atoms with Crippen LogP contribution in [0.5, 0.6) is 0 Å². The van der Waals surface area contributed by atoms with Crippen molar-refractivity contribution < 1.29 is 33.4 Å². The molecule has 0 radical (unpaired) electrons. The van der Waals surface area contributed by atoms with Gasteiger partial charge in [-0.25, -0.2) is 9.59 Å². The van der Waals surface area contributed by atoms with Gasteiger partial charge in [0.1, 0.15) is 29.3 Å². The highest BCUT2D eigenvalue weighted by atomic mass is 16.6. The molecule has 4 N–H and O–H groups in total. The van der Waals surface area contributed by atoms with E-state index in [1.54, 1.807) is 71.9 Å². The number of likely N-dealkylation sites (N-methyl/N-ethyl adjacent to an activating group) is 1. The molecule has 0 saturated carbocycles. The molecule has 3 unspecified atom stereocenters. The molecule has 0 heterocycles. The van der Waals surface area contributed by atoms with Gasteiger partial charge in [0, 0.05) is 13.5 Å². The summed E-state index contributed by atoms with van der Waals surface area (Å²) in [6.07, 6.45) is -1.31. The summed E-state index contributed by atoms with van der Waals surface area (Å²) < 4.78 is 10.8. The van der Waals surface area contributed by atoms with Crippen molar-refractivity contribution >= 4 is 29.8 Å². The first-order valence-electron chi connectivity index (χ1n) is 13.6. The van der Waals surface area contributed by atoms with Crippen LogP contribution in [0.4, 0.5) is 4.79 Å². The maximum Gasteiger partial charge on any atom is 0.408 e. The fourth-order valence-corrected chi connectivity index (χ4v) is 4.08. The molecule has 11 nitrogen and oxygen atoms in total. The quantitative estimate of drug-likeness (QED) is 0.344. The number of benzene rings is 2. The zero-order chi connectivity index (χ0) is 31.7. The molecule has 42 heavy (non-hydrogen) atoms. The molecule has 0 saturated heterocycles.